The van der Waals surface area contributed by atoms with E-state index in [0.717, 1.165) is 6.54 Å². The predicted octanol–water partition coefficient (Wildman–Crippen LogP) is -0.530. The lowest BCUT2D eigenvalue weighted by atomic mass is 10.3. The SMILES string of the molecule is CN(C)C(=O)CCNCC1COCCO1. The molecule has 5 nitrogen and oxygen atoms in total. The molecule has 1 N–H and O–H groups in total. The van der Waals surface area contributed by atoms with E-state index >= 15 is 0 Å². The van der Waals surface area contributed by atoms with Crippen LogP contribution in [0, 0.1) is 0 Å². The van der Waals surface area contributed by atoms with E-state index < -0.39 is 0 Å². The summed E-state index contributed by atoms with van der Waals surface area (Å²) in [6.07, 6.45) is 0.661. The summed E-state index contributed by atoms with van der Waals surface area (Å²) >= 11 is 0. The number of rotatable bonds is 5. The molecule has 1 atom stereocenters. The molecule has 1 fully saturated rings. The molecule has 1 rings (SSSR count). The van der Waals surface area contributed by atoms with Crippen LogP contribution >= 0.6 is 0 Å². The Morgan fingerprint density at radius 2 is 2.27 bits per heavy atom. The Hall–Kier alpha value is -0.650. The number of carbonyl (C=O) groups excluding carboxylic acids is 1. The van der Waals surface area contributed by atoms with Crippen LogP contribution in [-0.2, 0) is 14.3 Å². The van der Waals surface area contributed by atoms with E-state index in [4.69, 9.17) is 9.47 Å². The zero-order chi connectivity index (χ0) is 11.1. The summed E-state index contributed by atoms with van der Waals surface area (Å²) in [5.74, 6) is 0.142. The molecule has 1 saturated heterocycles. The molecule has 0 aliphatic carbocycles. The topological polar surface area (TPSA) is 50.8 Å². The third-order valence-corrected chi connectivity index (χ3v) is 2.27. The Bertz CT molecular complexity index is 191. The van der Waals surface area contributed by atoms with Crippen LogP contribution < -0.4 is 5.32 Å². The summed E-state index contributed by atoms with van der Waals surface area (Å²) < 4.78 is 10.7. The molecule has 0 bridgehead atoms. The van der Waals surface area contributed by atoms with Gasteiger partial charge >= 0.3 is 0 Å². The zero-order valence-corrected chi connectivity index (χ0v) is 9.49. The van der Waals surface area contributed by atoms with Crippen molar-refractivity contribution in [2.24, 2.45) is 0 Å². The van der Waals surface area contributed by atoms with Crippen LogP contribution in [0.3, 0.4) is 0 Å². The van der Waals surface area contributed by atoms with Gasteiger partial charge in [-0.15, -0.1) is 0 Å². The molecule has 1 heterocycles. The van der Waals surface area contributed by atoms with Crippen LogP contribution in [0.4, 0.5) is 0 Å². The standard InChI is InChI=1S/C10H20N2O3/c1-12(2)10(13)3-4-11-7-9-8-14-5-6-15-9/h9,11H,3-8H2,1-2H3. The molecule has 0 aromatic carbocycles. The highest BCUT2D eigenvalue weighted by molar-refractivity contribution is 5.75. The summed E-state index contributed by atoms with van der Waals surface area (Å²) in [5.41, 5.74) is 0. The van der Waals surface area contributed by atoms with Crippen molar-refractivity contribution < 1.29 is 14.3 Å². The maximum Gasteiger partial charge on any atom is 0.223 e. The molecular formula is C10H20N2O3. The predicted molar refractivity (Wildman–Crippen MR) is 56.7 cm³/mol. The number of hydrogen-bond acceptors (Lipinski definition) is 4. The number of ether oxygens (including phenoxy) is 2. The van der Waals surface area contributed by atoms with Gasteiger partial charge in [-0.05, 0) is 0 Å². The van der Waals surface area contributed by atoms with E-state index in [9.17, 15) is 4.79 Å². The van der Waals surface area contributed by atoms with Crippen molar-refractivity contribution in [3.05, 3.63) is 0 Å². The third kappa shape index (κ3) is 5.11. The fraction of sp³-hybridized carbons (Fsp3) is 0.900. The van der Waals surface area contributed by atoms with E-state index in [1.54, 1.807) is 19.0 Å². The van der Waals surface area contributed by atoms with Gasteiger partial charge in [-0.25, -0.2) is 0 Å². The monoisotopic (exact) mass is 216 g/mol. The molecule has 88 valence electrons. The number of carbonyl (C=O) groups is 1. The Kier molecular flexibility index (Phi) is 5.60. The van der Waals surface area contributed by atoms with E-state index in [0.29, 0.717) is 32.8 Å². The average molecular weight is 216 g/mol. The van der Waals surface area contributed by atoms with Crippen molar-refractivity contribution in [1.82, 2.24) is 10.2 Å². The van der Waals surface area contributed by atoms with Gasteiger partial charge in [0.25, 0.3) is 0 Å². The van der Waals surface area contributed by atoms with E-state index in [2.05, 4.69) is 5.32 Å². The average Bonchev–Trinajstić information content (AvgIpc) is 2.25. The Morgan fingerprint density at radius 3 is 2.87 bits per heavy atom. The molecule has 0 aromatic rings. The Balaban J connectivity index is 1.98. The van der Waals surface area contributed by atoms with Crippen LogP contribution in [0.2, 0.25) is 0 Å². The molecule has 0 radical (unpaired) electrons. The van der Waals surface area contributed by atoms with Crippen LogP contribution in [0.15, 0.2) is 0 Å². The molecule has 5 heteroatoms. The van der Waals surface area contributed by atoms with Gasteiger partial charge in [-0.2, -0.15) is 0 Å². The van der Waals surface area contributed by atoms with Gasteiger partial charge in [0.15, 0.2) is 0 Å². The highest BCUT2D eigenvalue weighted by atomic mass is 16.6. The minimum atomic E-state index is 0.133. The van der Waals surface area contributed by atoms with Gasteiger partial charge in [0.1, 0.15) is 0 Å². The lowest BCUT2D eigenvalue weighted by Crippen LogP contribution is -2.38. The number of hydrogen-bond donors (Lipinski definition) is 1. The lowest BCUT2D eigenvalue weighted by molar-refractivity contribution is -0.128. The maximum atomic E-state index is 11.2. The first-order valence-electron chi connectivity index (χ1n) is 5.30. The first kappa shape index (κ1) is 12.4. The van der Waals surface area contributed by atoms with Crippen LogP contribution in [0.1, 0.15) is 6.42 Å². The Labute approximate surface area is 90.7 Å². The first-order valence-corrected chi connectivity index (χ1v) is 5.30. The molecule has 15 heavy (non-hydrogen) atoms. The summed E-state index contributed by atoms with van der Waals surface area (Å²) in [7, 11) is 3.53. The minimum Gasteiger partial charge on any atom is -0.376 e. The van der Waals surface area contributed by atoms with Crippen LogP contribution in [0.25, 0.3) is 0 Å². The highest BCUT2D eigenvalue weighted by Gasteiger charge is 2.13. The quantitative estimate of drug-likeness (QED) is 0.628. The molecule has 1 unspecified atom stereocenters. The second-order valence-corrected chi connectivity index (χ2v) is 3.81. The van der Waals surface area contributed by atoms with Crippen molar-refractivity contribution in [2.45, 2.75) is 12.5 Å². The largest absolute Gasteiger partial charge is 0.376 e. The smallest absolute Gasteiger partial charge is 0.223 e. The Morgan fingerprint density at radius 1 is 1.47 bits per heavy atom. The molecule has 1 aliphatic heterocycles. The van der Waals surface area contributed by atoms with Gasteiger partial charge < -0.3 is 19.7 Å². The molecule has 1 amide bonds. The first-order chi connectivity index (χ1) is 7.20. The van der Waals surface area contributed by atoms with Crippen molar-refractivity contribution in [3.63, 3.8) is 0 Å². The van der Waals surface area contributed by atoms with Crippen molar-refractivity contribution in [2.75, 3.05) is 47.0 Å². The minimum absolute atomic E-state index is 0.133. The second-order valence-electron chi connectivity index (χ2n) is 3.81. The summed E-state index contributed by atoms with van der Waals surface area (Å²) in [6.45, 7) is 3.45. The second kappa shape index (κ2) is 6.76. The van der Waals surface area contributed by atoms with Crippen molar-refractivity contribution in [1.29, 1.82) is 0 Å². The molecule has 0 aromatic heterocycles. The fourth-order valence-electron chi connectivity index (χ4n) is 1.34. The zero-order valence-electron chi connectivity index (χ0n) is 9.49. The van der Waals surface area contributed by atoms with Gasteiger partial charge in [0, 0.05) is 33.6 Å². The van der Waals surface area contributed by atoms with Crippen molar-refractivity contribution in [3.8, 4) is 0 Å². The van der Waals surface area contributed by atoms with E-state index in [1.165, 1.54) is 0 Å². The fourth-order valence-corrected chi connectivity index (χ4v) is 1.34. The van der Waals surface area contributed by atoms with Gasteiger partial charge in [0.05, 0.1) is 25.9 Å². The van der Waals surface area contributed by atoms with E-state index in [-0.39, 0.29) is 12.0 Å². The number of amides is 1. The lowest BCUT2D eigenvalue weighted by Gasteiger charge is -2.23. The van der Waals surface area contributed by atoms with Gasteiger partial charge in [-0.3, -0.25) is 4.79 Å². The van der Waals surface area contributed by atoms with Crippen molar-refractivity contribution >= 4 is 5.91 Å². The highest BCUT2D eigenvalue weighted by Crippen LogP contribution is 1.98. The normalized spacial score (nSPS) is 21.3. The number of nitrogens with one attached hydrogen (secondary N) is 1. The molecule has 0 saturated carbocycles. The number of nitrogens with zero attached hydrogens (tertiary/aromatic N) is 1. The summed E-state index contributed by atoms with van der Waals surface area (Å²) in [5, 5.41) is 3.19. The van der Waals surface area contributed by atoms with Gasteiger partial charge in [0.2, 0.25) is 5.91 Å². The van der Waals surface area contributed by atoms with Crippen LogP contribution in [-0.4, -0.2) is 63.9 Å². The third-order valence-electron chi connectivity index (χ3n) is 2.27. The molecule has 0 spiro atoms. The van der Waals surface area contributed by atoms with E-state index in [1.807, 2.05) is 0 Å². The molecular weight excluding hydrogens is 196 g/mol. The van der Waals surface area contributed by atoms with Gasteiger partial charge in [-0.1, -0.05) is 0 Å². The summed E-state index contributed by atoms with van der Waals surface area (Å²) in [6, 6.07) is 0. The molecule has 1 aliphatic rings. The maximum absolute atomic E-state index is 11.2. The summed E-state index contributed by atoms with van der Waals surface area (Å²) in [4.78, 5) is 12.8. The van der Waals surface area contributed by atoms with Crippen LogP contribution in [0.5, 0.6) is 0 Å².